The molecular formula is C18H19N3O4. The lowest BCUT2D eigenvalue weighted by Crippen LogP contribution is -2.20. The molecule has 0 atom stereocenters. The number of aryl methyl sites for hydroxylation is 1. The third-order valence-electron chi connectivity index (χ3n) is 3.24. The van der Waals surface area contributed by atoms with Crippen LogP contribution in [0.25, 0.3) is 0 Å². The SMILES string of the molecule is NC(=O)COc1ccc(/C(N)=N/OC(=O)CCc2ccccc2)cc1. The molecule has 4 N–H and O–H groups in total. The number of amides is 1. The number of nitrogens with zero attached hydrogens (tertiary/aromatic N) is 1. The number of carbonyl (C=O) groups excluding carboxylic acids is 2. The van der Waals surface area contributed by atoms with E-state index in [0.717, 1.165) is 5.56 Å². The number of ether oxygens (including phenoxy) is 1. The van der Waals surface area contributed by atoms with Gasteiger partial charge in [0.1, 0.15) is 5.75 Å². The number of oxime groups is 1. The standard InChI is InChI=1S/C18H19N3O4/c19-16(22)12-24-15-9-7-14(8-10-15)18(20)21-25-17(23)11-6-13-4-2-1-3-5-13/h1-5,7-10H,6,11-12H2,(H2,19,22)(H2,20,21). The summed E-state index contributed by atoms with van der Waals surface area (Å²) in [4.78, 5) is 27.2. The summed E-state index contributed by atoms with van der Waals surface area (Å²) in [5, 5.41) is 3.64. The molecule has 0 aromatic heterocycles. The average Bonchev–Trinajstić information content (AvgIpc) is 2.64. The monoisotopic (exact) mass is 341 g/mol. The normalized spacial score (nSPS) is 11.0. The summed E-state index contributed by atoms with van der Waals surface area (Å²) < 4.78 is 5.13. The van der Waals surface area contributed by atoms with E-state index in [4.69, 9.17) is 21.0 Å². The van der Waals surface area contributed by atoms with Crippen LogP contribution in [0.1, 0.15) is 17.5 Å². The second kappa shape index (κ2) is 9.07. The molecule has 0 aliphatic heterocycles. The predicted octanol–water partition coefficient (Wildman–Crippen LogP) is 1.35. The summed E-state index contributed by atoms with van der Waals surface area (Å²) in [5.74, 6) is -0.495. The maximum Gasteiger partial charge on any atom is 0.335 e. The van der Waals surface area contributed by atoms with Crippen LogP contribution in [0.2, 0.25) is 0 Å². The summed E-state index contributed by atoms with van der Waals surface area (Å²) in [7, 11) is 0. The number of amidine groups is 1. The van der Waals surface area contributed by atoms with Gasteiger partial charge in [0.05, 0.1) is 6.42 Å². The maximum absolute atomic E-state index is 11.7. The fraction of sp³-hybridized carbons (Fsp3) is 0.167. The first-order valence-electron chi connectivity index (χ1n) is 7.63. The highest BCUT2D eigenvalue weighted by molar-refractivity contribution is 5.97. The molecule has 2 aromatic carbocycles. The van der Waals surface area contributed by atoms with Gasteiger partial charge in [0.25, 0.3) is 5.91 Å². The molecular weight excluding hydrogens is 322 g/mol. The molecule has 0 saturated heterocycles. The van der Waals surface area contributed by atoms with E-state index in [1.807, 2.05) is 30.3 Å². The van der Waals surface area contributed by atoms with Gasteiger partial charge in [-0.25, -0.2) is 4.79 Å². The van der Waals surface area contributed by atoms with Crippen molar-refractivity contribution in [3.63, 3.8) is 0 Å². The van der Waals surface area contributed by atoms with E-state index in [0.29, 0.717) is 17.7 Å². The Kier molecular flexibility index (Phi) is 6.53. The van der Waals surface area contributed by atoms with Crippen molar-refractivity contribution in [2.75, 3.05) is 6.61 Å². The summed E-state index contributed by atoms with van der Waals surface area (Å²) in [6.45, 7) is -0.206. The van der Waals surface area contributed by atoms with Crippen molar-refractivity contribution in [2.24, 2.45) is 16.6 Å². The van der Waals surface area contributed by atoms with Gasteiger partial charge in [-0.1, -0.05) is 35.5 Å². The quantitative estimate of drug-likeness (QED) is 0.325. The minimum atomic E-state index is -0.562. The first-order chi connectivity index (χ1) is 12.0. The zero-order valence-electron chi connectivity index (χ0n) is 13.6. The molecule has 0 unspecified atom stereocenters. The van der Waals surface area contributed by atoms with Crippen LogP contribution in [0.5, 0.6) is 5.75 Å². The Bertz CT molecular complexity index is 743. The van der Waals surface area contributed by atoms with Gasteiger partial charge in [-0.3, -0.25) is 4.79 Å². The molecule has 0 fully saturated rings. The van der Waals surface area contributed by atoms with E-state index >= 15 is 0 Å². The summed E-state index contributed by atoms with van der Waals surface area (Å²) in [5.41, 5.74) is 12.4. The molecule has 2 aromatic rings. The Morgan fingerprint density at radius 3 is 2.28 bits per heavy atom. The molecule has 1 amide bonds. The van der Waals surface area contributed by atoms with E-state index in [-0.39, 0.29) is 18.9 Å². The molecule has 7 nitrogen and oxygen atoms in total. The second-order valence-corrected chi connectivity index (χ2v) is 5.20. The highest BCUT2D eigenvalue weighted by atomic mass is 16.7. The Morgan fingerprint density at radius 1 is 0.960 bits per heavy atom. The van der Waals surface area contributed by atoms with E-state index < -0.39 is 11.9 Å². The highest BCUT2D eigenvalue weighted by Gasteiger charge is 2.06. The van der Waals surface area contributed by atoms with Gasteiger partial charge in [0.15, 0.2) is 12.4 Å². The molecule has 0 bridgehead atoms. The smallest absolute Gasteiger partial charge is 0.335 e. The number of rotatable bonds is 8. The van der Waals surface area contributed by atoms with E-state index in [1.54, 1.807) is 24.3 Å². The van der Waals surface area contributed by atoms with Gasteiger partial charge in [-0.05, 0) is 36.2 Å². The van der Waals surface area contributed by atoms with Crippen molar-refractivity contribution in [1.29, 1.82) is 0 Å². The number of hydrogen-bond donors (Lipinski definition) is 2. The van der Waals surface area contributed by atoms with E-state index in [1.165, 1.54) is 0 Å². The van der Waals surface area contributed by atoms with Gasteiger partial charge in [-0.2, -0.15) is 0 Å². The average molecular weight is 341 g/mol. The van der Waals surface area contributed by atoms with Gasteiger partial charge in [0, 0.05) is 5.56 Å². The highest BCUT2D eigenvalue weighted by Crippen LogP contribution is 2.12. The fourth-order valence-electron chi connectivity index (χ4n) is 1.97. The van der Waals surface area contributed by atoms with Crippen molar-refractivity contribution in [3.05, 3.63) is 65.7 Å². The molecule has 0 saturated carbocycles. The summed E-state index contributed by atoms with van der Waals surface area (Å²) in [6, 6.07) is 16.1. The third kappa shape index (κ3) is 6.34. The minimum Gasteiger partial charge on any atom is -0.484 e. The summed E-state index contributed by atoms with van der Waals surface area (Å²) in [6.07, 6.45) is 0.779. The minimum absolute atomic E-state index is 0.0644. The lowest BCUT2D eigenvalue weighted by atomic mass is 10.1. The van der Waals surface area contributed by atoms with Crippen LogP contribution in [0.3, 0.4) is 0 Å². The Balaban J connectivity index is 1.83. The zero-order chi connectivity index (χ0) is 18.1. The predicted molar refractivity (Wildman–Crippen MR) is 92.7 cm³/mol. The maximum atomic E-state index is 11.7. The van der Waals surface area contributed by atoms with Crippen molar-refractivity contribution in [3.8, 4) is 5.75 Å². The largest absolute Gasteiger partial charge is 0.484 e. The van der Waals surface area contributed by atoms with Crippen LogP contribution < -0.4 is 16.2 Å². The Morgan fingerprint density at radius 2 is 1.64 bits per heavy atom. The van der Waals surface area contributed by atoms with Gasteiger partial charge in [0.2, 0.25) is 0 Å². The number of hydrogen-bond acceptors (Lipinski definition) is 5. The van der Waals surface area contributed by atoms with Crippen molar-refractivity contribution < 1.29 is 19.2 Å². The summed E-state index contributed by atoms with van der Waals surface area (Å²) >= 11 is 0. The number of benzene rings is 2. The number of primary amides is 1. The van der Waals surface area contributed by atoms with E-state index in [9.17, 15) is 9.59 Å². The van der Waals surface area contributed by atoms with Crippen LogP contribution >= 0.6 is 0 Å². The third-order valence-corrected chi connectivity index (χ3v) is 3.24. The first kappa shape index (κ1) is 18.0. The molecule has 25 heavy (non-hydrogen) atoms. The number of carbonyl (C=O) groups is 2. The van der Waals surface area contributed by atoms with Gasteiger partial charge in [-0.15, -0.1) is 0 Å². The Labute approximate surface area is 145 Å². The molecule has 0 aliphatic carbocycles. The van der Waals surface area contributed by atoms with E-state index in [2.05, 4.69) is 5.16 Å². The Hall–Kier alpha value is -3.35. The number of nitrogens with two attached hydrogens (primary N) is 2. The molecule has 0 heterocycles. The lowest BCUT2D eigenvalue weighted by molar-refractivity contribution is -0.143. The van der Waals surface area contributed by atoms with Crippen molar-refractivity contribution >= 4 is 17.7 Å². The second-order valence-electron chi connectivity index (χ2n) is 5.20. The van der Waals surface area contributed by atoms with Crippen LogP contribution in [0.4, 0.5) is 0 Å². The lowest BCUT2D eigenvalue weighted by Gasteiger charge is -2.05. The topological polar surface area (TPSA) is 117 Å². The molecule has 130 valence electrons. The molecule has 2 rings (SSSR count). The van der Waals surface area contributed by atoms with Crippen molar-refractivity contribution in [2.45, 2.75) is 12.8 Å². The van der Waals surface area contributed by atoms with Crippen LogP contribution in [0, 0.1) is 0 Å². The van der Waals surface area contributed by atoms with Gasteiger partial charge < -0.3 is 21.0 Å². The van der Waals surface area contributed by atoms with Gasteiger partial charge >= 0.3 is 5.97 Å². The van der Waals surface area contributed by atoms with Crippen molar-refractivity contribution in [1.82, 2.24) is 0 Å². The fourth-order valence-corrected chi connectivity index (χ4v) is 1.97. The van der Waals surface area contributed by atoms with Crippen LogP contribution in [-0.2, 0) is 20.8 Å². The first-order valence-corrected chi connectivity index (χ1v) is 7.63. The molecule has 0 radical (unpaired) electrons. The van der Waals surface area contributed by atoms with Crippen LogP contribution in [-0.4, -0.2) is 24.3 Å². The molecule has 0 spiro atoms. The molecule has 0 aliphatic rings. The van der Waals surface area contributed by atoms with Crippen LogP contribution in [0.15, 0.2) is 59.8 Å². The molecule has 7 heteroatoms. The zero-order valence-corrected chi connectivity index (χ0v) is 13.6.